The van der Waals surface area contributed by atoms with E-state index < -0.39 is 0 Å². The molecule has 1 aliphatic heterocycles. The summed E-state index contributed by atoms with van der Waals surface area (Å²) in [6, 6.07) is 1.85. The van der Waals surface area contributed by atoms with Crippen molar-refractivity contribution in [3.05, 3.63) is 18.0 Å². The van der Waals surface area contributed by atoms with Gasteiger partial charge < -0.3 is 9.80 Å². The van der Waals surface area contributed by atoms with E-state index in [1.807, 2.05) is 15.6 Å². The summed E-state index contributed by atoms with van der Waals surface area (Å²) in [5.41, 5.74) is 1.00. The fourth-order valence-corrected chi connectivity index (χ4v) is 2.68. The Morgan fingerprint density at radius 2 is 2.14 bits per heavy atom. The van der Waals surface area contributed by atoms with Crippen LogP contribution < -0.4 is 0 Å². The van der Waals surface area contributed by atoms with Crippen LogP contribution >= 0.6 is 0 Å². The van der Waals surface area contributed by atoms with Crippen molar-refractivity contribution in [3.8, 4) is 0 Å². The summed E-state index contributed by atoms with van der Waals surface area (Å²) in [5, 5.41) is 4.33. The van der Waals surface area contributed by atoms with Gasteiger partial charge in [0.25, 0.3) is 0 Å². The molecule has 2 rings (SSSR count). The van der Waals surface area contributed by atoms with Crippen molar-refractivity contribution in [2.75, 3.05) is 20.6 Å². The molecule has 2 heterocycles. The molecular formula is C16H26N4O2. The Bertz CT molecular complexity index is 536. The highest BCUT2D eigenvalue weighted by atomic mass is 16.2. The van der Waals surface area contributed by atoms with Crippen molar-refractivity contribution < 1.29 is 9.59 Å². The predicted molar refractivity (Wildman–Crippen MR) is 84.1 cm³/mol. The Morgan fingerprint density at radius 1 is 1.41 bits per heavy atom. The fraction of sp³-hybridized carbons (Fsp3) is 0.688. The van der Waals surface area contributed by atoms with Crippen LogP contribution in [0.5, 0.6) is 0 Å². The van der Waals surface area contributed by atoms with Crippen LogP contribution in [0, 0.1) is 5.92 Å². The Morgan fingerprint density at radius 3 is 2.77 bits per heavy atom. The monoisotopic (exact) mass is 306 g/mol. The first-order valence-corrected chi connectivity index (χ1v) is 7.88. The molecule has 1 aromatic heterocycles. The van der Waals surface area contributed by atoms with Crippen LogP contribution in [0.1, 0.15) is 44.8 Å². The van der Waals surface area contributed by atoms with Gasteiger partial charge in [0.05, 0.1) is 24.7 Å². The van der Waals surface area contributed by atoms with Crippen LogP contribution in [0.4, 0.5) is 0 Å². The van der Waals surface area contributed by atoms with E-state index in [0.29, 0.717) is 31.8 Å². The molecule has 0 saturated heterocycles. The normalized spacial score (nSPS) is 17.5. The van der Waals surface area contributed by atoms with Crippen LogP contribution in [-0.2, 0) is 16.1 Å². The zero-order valence-corrected chi connectivity index (χ0v) is 14.0. The van der Waals surface area contributed by atoms with Crippen molar-refractivity contribution in [1.82, 2.24) is 19.6 Å². The third-order valence-electron chi connectivity index (χ3n) is 4.08. The van der Waals surface area contributed by atoms with Crippen molar-refractivity contribution >= 4 is 11.8 Å². The van der Waals surface area contributed by atoms with E-state index in [0.717, 1.165) is 12.1 Å². The molecule has 0 fully saturated rings. The van der Waals surface area contributed by atoms with Gasteiger partial charge in [-0.25, -0.2) is 0 Å². The maximum Gasteiger partial charge on any atom is 0.224 e. The largest absolute Gasteiger partial charge is 0.349 e. The number of rotatable bonds is 5. The quantitative estimate of drug-likeness (QED) is 0.831. The van der Waals surface area contributed by atoms with Crippen LogP contribution in [0.3, 0.4) is 0 Å². The molecule has 0 radical (unpaired) electrons. The number of aromatic nitrogens is 2. The highest BCUT2D eigenvalue weighted by Crippen LogP contribution is 2.24. The number of carbonyl (C=O) groups excluding carboxylic acids is 2. The van der Waals surface area contributed by atoms with Crippen molar-refractivity contribution in [2.24, 2.45) is 5.92 Å². The van der Waals surface area contributed by atoms with E-state index in [1.54, 1.807) is 25.2 Å². The summed E-state index contributed by atoms with van der Waals surface area (Å²) in [7, 11) is 3.50. The van der Waals surface area contributed by atoms with Gasteiger partial charge in [0, 0.05) is 33.3 Å². The summed E-state index contributed by atoms with van der Waals surface area (Å²) in [6.45, 7) is 5.39. The lowest BCUT2D eigenvalue weighted by molar-refractivity contribution is -0.136. The molecular weight excluding hydrogens is 280 g/mol. The maximum atomic E-state index is 12.4. The van der Waals surface area contributed by atoms with Crippen LogP contribution in [0.2, 0.25) is 0 Å². The summed E-state index contributed by atoms with van der Waals surface area (Å²) < 4.78 is 1.90. The highest BCUT2D eigenvalue weighted by Gasteiger charge is 2.30. The SMILES string of the molecule is CC(C)CCC(=O)N1Cc2ccnn2[C@@H](CC(=O)N(C)C)C1. The minimum Gasteiger partial charge on any atom is -0.349 e. The van der Waals surface area contributed by atoms with Crippen LogP contribution in [0.15, 0.2) is 12.3 Å². The average Bonchev–Trinajstić information content (AvgIpc) is 2.92. The van der Waals surface area contributed by atoms with Gasteiger partial charge in [-0.2, -0.15) is 5.10 Å². The first-order chi connectivity index (χ1) is 10.4. The molecule has 0 aromatic carbocycles. The summed E-state index contributed by atoms with van der Waals surface area (Å²) in [4.78, 5) is 27.9. The Hall–Kier alpha value is -1.85. The first-order valence-electron chi connectivity index (χ1n) is 7.88. The van der Waals surface area contributed by atoms with E-state index in [-0.39, 0.29) is 17.9 Å². The lowest BCUT2D eigenvalue weighted by Gasteiger charge is -2.34. The van der Waals surface area contributed by atoms with E-state index in [9.17, 15) is 9.59 Å². The number of amides is 2. The Balaban J connectivity index is 2.08. The molecule has 122 valence electrons. The van der Waals surface area contributed by atoms with Gasteiger partial charge in [-0.15, -0.1) is 0 Å². The van der Waals surface area contributed by atoms with E-state index >= 15 is 0 Å². The zero-order chi connectivity index (χ0) is 16.3. The molecule has 2 amide bonds. The first kappa shape index (κ1) is 16.5. The maximum absolute atomic E-state index is 12.4. The lowest BCUT2D eigenvalue weighted by Crippen LogP contribution is -2.42. The molecule has 0 unspecified atom stereocenters. The van der Waals surface area contributed by atoms with Gasteiger partial charge in [0.1, 0.15) is 0 Å². The molecule has 0 bridgehead atoms. The van der Waals surface area contributed by atoms with Crippen molar-refractivity contribution in [3.63, 3.8) is 0 Å². The van der Waals surface area contributed by atoms with Gasteiger partial charge in [-0.3, -0.25) is 14.3 Å². The molecule has 22 heavy (non-hydrogen) atoms. The predicted octanol–water partition coefficient (Wildman–Crippen LogP) is 1.68. The second-order valence-corrected chi connectivity index (χ2v) is 6.62. The van der Waals surface area contributed by atoms with Crippen molar-refractivity contribution in [1.29, 1.82) is 0 Å². The zero-order valence-electron chi connectivity index (χ0n) is 14.0. The highest BCUT2D eigenvalue weighted by molar-refractivity contribution is 5.77. The van der Waals surface area contributed by atoms with E-state index in [4.69, 9.17) is 0 Å². The fourth-order valence-electron chi connectivity index (χ4n) is 2.68. The minimum absolute atomic E-state index is 0.0583. The summed E-state index contributed by atoms with van der Waals surface area (Å²) in [5.74, 6) is 0.747. The van der Waals surface area contributed by atoms with E-state index in [1.165, 1.54) is 0 Å². The number of nitrogens with zero attached hydrogens (tertiary/aromatic N) is 4. The topological polar surface area (TPSA) is 58.4 Å². The molecule has 0 aliphatic carbocycles. The van der Waals surface area contributed by atoms with Gasteiger partial charge in [0.15, 0.2) is 0 Å². The van der Waals surface area contributed by atoms with E-state index in [2.05, 4.69) is 18.9 Å². The smallest absolute Gasteiger partial charge is 0.224 e. The van der Waals surface area contributed by atoms with Crippen LogP contribution in [-0.4, -0.2) is 52.0 Å². The molecule has 1 aliphatic rings. The number of fused-ring (bicyclic) bond motifs is 1. The molecule has 1 atom stereocenters. The molecule has 0 saturated carbocycles. The van der Waals surface area contributed by atoms with Gasteiger partial charge >= 0.3 is 0 Å². The van der Waals surface area contributed by atoms with Crippen molar-refractivity contribution in [2.45, 2.75) is 45.7 Å². The van der Waals surface area contributed by atoms with Gasteiger partial charge in [0.2, 0.25) is 11.8 Å². The van der Waals surface area contributed by atoms with Gasteiger partial charge in [-0.05, 0) is 18.4 Å². The standard InChI is InChI=1S/C16H26N4O2/c1-12(2)5-6-15(21)19-10-13-7-8-17-20(13)14(11-19)9-16(22)18(3)4/h7-8,12,14H,5-6,9-11H2,1-4H3/t14-/m0/s1. The molecule has 6 heteroatoms. The lowest BCUT2D eigenvalue weighted by atomic mass is 10.1. The van der Waals surface area contributed by atoms with Gasteiger partial charge in [-0.1, -0.05) is 13.8 Å². The third-order valence-corrected chi connectivity index (χ3v) is 4.08. The number of hydrogen-bond donors (Lipinski definition) is 0. The second kappa shape index (κ2) is 6.94. The molecule has 1 aromatic rings. The minimum atomic E-state index is -0.0725. The molecule has 0 spiro atoms. The number of carbonyl (C=O) groups is 2. The van der Waals surface area contributed by atoms with Crippen LogP contribution in [0.25, 0.3) is 0 Å². The average molecular weight is 306 g/mol. The number of hydrogen-bond acceptors (Lipinski definition) is 3. The summed E-state index contributed by atoms with van der Waals surface area (Å²) >= 11 is 0. The Labute approximate surface area is 132 Å². The molecule has 0 N–H and O–H groups in total. The third kappa shape index (κ3) is 3.87. The summed E-state index contributed by atoms with van der Waals surface area (Å²) in [6.07, 6.45) is 3.58. The second-order valence-electron chi connectivity index (χ2n) is 6.62. The molecule has 6 nitrogen and oxygen atoms in total. The Kier molecular flexibility index (Phi) is 5.21.